The van der Waals surface area contributed by atoms with Gasteiger partial charge in [0.1, 0.15) is 0 Å². The molecular weight excluding hydrogens is 212 g/mol. The molecule has 3 unspecified atom stereocenters. The maximum absolute atomic E-state index is 12.0. The molecule has 0 spiro atoms. The first kappa shape index (κ1) is 11.5. The highest BCUT2D eigenvalue weighted by Crippen LogP contribution is 2.54. The SMILES string of the molecule is CN1CCCCC1CNC(=O)C1CC2CC2C1. The third-order valence-electron chi connectivity index (χ3n) is 5.05. The number of hydrogen-bond donors (Lipinski definition) is 1. The van der Waals surface area contributed by atoms with Crippen molar-refractivity contribution in [2.24, 2.45) is 17.8 Å². The van der Waals surface area contributed by atoms with Gasteiger partial charge in [-0.25, -0.2) is 0 Å². The number of fused-ring (bicyclic) bond motifs is 1. The van der Waals surface area contributed by atoms with Gasteiger partial charge in [-0.3, -0.25) is 4.79 Å². The molecule has 1 heterocycles. The molecule has 17 heavy (non-hydrogen) atoms. The van der Waals surface area contributed by atoms with Crippen molar-refractivity contribution in [3.8, 4) is 0 Å². The Morgan fingerprint density at radius 1 is 1.24 bits per heavy atom. The van der Waals surface area contributed by atoms with E-state index in [2.05, 4.69) is 17.3 Å². The van der Waals surface area contributed by atoms with Gasteiger partial charge in [0.15, 0.2) is 0 Å². The zero-order chi connectivity index (χ0) is 11.8. The highest BCUT2D eigenvalue weighted by Gasteiger charge is 2.47. The van der Waals surface area contributed by atoms with E-state index in [4.69, 9.17) is 0 Å². The molecule has 96 valence electrons. The molecule has 0 aromatic carbocycles. The number of nitrogens with one attached hydrogen (secondary N) is 1. The highest BCUT2D eigenvalue weighted by atomic mass is 16.1. The molecule has 3 heteroatoms. The Balaban J connectivity index is 1.42. The van der Waals surface area contributed by atoms with E-state index < -0.39 is 0 Å². The summed E-state index contributed by atoms with van der Waals surface area (Å²) < 4.78 is 0. The first-order chi connectivity index (χ1) is 8.24. The number of piperidine rings is 1. The lowest BCUT2D eigenvalue weighted by Gasteiger charge is -2.32. The minimum absolute atomic E-state index is 0.330. The first-order valence-electron chi connectivity index (χ1n) is 7.22. The molecule has 0 aromatic rings. The molecule has 2 aliphatic carbocycles. The Hall–Kier alpha value is -0.570. The third-order valence-corrected chi connectivity index (χ3v) is 5.05. The van der Waals surface area contributed by atoms with Crippen LogP contribution in [0.25, 0.3) is 0 Å². The summed E-state index contributed by atoms with van der Waals surface area (Å²) >= 11 is 0. The zero-order valence-electron chi connectivity index (χ0n) is 10.8. The number of carbonyl (C=O) groups is 1. The second kappa shape index (κ2) is 4.60. The van der Waals surface area contributed by atoms with Crippen molar-refractivity contribution in [3.05, 3.63) is 0 Å². The Morgan fingerprint density at radius 3 is 2.71 bits per heavy atom. The van der Waals surface area contributed by atoms with E-state index in [-0.39, 0.29) is 0 Å². The van der Waals surface area contributed by atoms with Gasteiger partial charge >= 0.3 is 0 Å². The number of rotatable bonds is 3. The molecule has 0 bridgehead atoms. The van der Waals surface area contributed by atoms with E-state index in [0.29, 0.717) is 17.9 Å². The molecule has 1 amide bonds. The lowest BCUT2D eigenvalue weighted by Crippen LogP contribution is -2.45. The van der Waals surface area contributed by atoms with Gasteiger partial charge in [0.2, 0.25) is 5.91 Å². The van der Waals surface area contributed by atoms with E-state index in [1.807, 2.05) is 0 Å². The lowest BCUT2D eigenvalue weighted by atomic mass is 10.0. The number of nitrogens with zero attached hydrogens (tertiary/aromatic N) is 1. The fourth-order valence-corrected chi connectivity index (χ4v) is 3.69. The van der Waals surface area contributed by atoms with Crippen LogP contribution in [0.4, 0.5) is 0 Å². The number of carbonyl (C=O) groups excluding carboxylic acids is 1. The van der Waals surface area contributed by atoms with Crippen LogP contribution >= 0.6 is 0 Å². The second-order valence-corrected chi connectivity index (χ2v) is 6.30. The van der Waals surface area contributed by atoms with Crippen molar-refractivity contribution in [1.82, 2.24) is 10.2 Å². The zero-order valence-corrected chi connectivity index (χ0v) is 10.8. The summed E-state index contributed by atoms with van der Waals surface area (Å²) in [5, 5.41) is 3.19. The van der Waals surface area contributed by atoms with Crippen molar-refractivity contribution >= 4 is 5.91 Å². The van der Waals surface area contributed by atoms with Gasteiger partial charge in [0, 0.05) is 18.5 Å². The summed E-state index contributed by atoms with van der Waals surface area (Å²) in [4.78, 5) is 14.4. The predicted octanol–water partition coefficient (Wildman–Crippen LogP) is 1.63. The molecule has 0 radical (unpaired) electrons. The van der Waals surface area contributed by atoms with Crippen LogP contribution in [0.3, 0.4) is 0 Å². The molecule has 2 saturated carbocycles. The first-order valence-corrected chi connectivity index (χ1v) is 7.22. The molecular formula is C14H24N2O. The van der Waals surface area contributed by atoms with E-state index in [1.165, 1.54) is 32.2 Å². The Bertz CT molecular complexity index is 295. The van der Waals surface area contributed by atoms with Gasteiger partial charge in [-0.1, -0.05) is 6.42 Å². The Labute approximate surface area is 104 Å². The van der Waals surface area contributed by atoms with Crippen LogP contribution in [0.2, 0.25) is 0 Å². The maximum Gasteiger partial charge on any atom is 0.223 e. The Kier molecular flexibility index (Phi) is 3.12. The monoisotopic (exact) mass is 236 g/mol. The fraction of sp³-hybridized carbons (Fsp3) is 0.929. The van der Waals surface area contributed by atoms with Gasteiger partial charge in [0.05, 0.1) is 0 Å². The van der Waals surface area contributed by atoms with Crippen molar-refractivity contribution in [3.63, 3.8) is 0 Å². The summed E-state index contributed by atoms with van der Waals surface area (Å²) in [5.41, 5.74) is 0. The average Bonchev–Trinajstić information content (AvgIpc) is 2.95. The van der Waals surface area contributed by atoms with Crippen molar-refractivity contribution in [2.75, 3.05) is 20.1 Å². The number of amides is 1. The van der Waals surface area contributed by atoms with Crippen LogP contribution in [0.5, 0.6) is 0 Å². The molecule has 0 aromatic heterocycles. The summed E-state index contributed by atoms with van der Waals surface area (Å²) in [5.74, 6) is 2.48. The van der Waals surface area contributed by atoms with Crippen LogP contribution < -0.4 is 5.32 Å². The molecule has 3 fully saturated rings. The predicted molar refractivity (Wildman–Crippen MR) is 67.6 cm³/mol. The van der Waals surface area contributed by atoms with Gasteiger partial charge in [0.25, 0.3) is 0 Å². The van der Waals surface area contributed by atoms with E-state index >= 15 is 0 Å². The molecule has 3 aliphatic rings. The lowest BCUT2D eigenvalue weighted by molar-refractivity contribution is -0.125. The van der Waals surface area contributed by atoms with E-state index in [1.54, 1.807) is 0 Å². The number of likely N-dealkylation sites (tertiary alicyclic amines) is 1. The topological polar surface area (TPSA) is 32.3 Å². The number of hydrogen-bond acceptors (Lipinski definition) is 2. The van der Waals surface area contributed by atoms with Crippen LogP contribution in [0, 0.1) is 17.8 Å². The van der Waals surface area contributed by atoms with Crippen LogP contribution in [0.1, 0.15) is 38.5 Å². The fourth-order valence-electron chi connectivity index (χ4n) is 3.69. The standard InChI is InChI=1S/C14H24N2O/c1-16-5-3-2-4-13(16)9-15-14(17)12-7-10-6-11(10)8-12/h10-13H,2-9H2,1H3,(H,15,17). The van der Waals surface area contributed by atoms with Crippen molar-refractivity contribution < 1.29 is 4.79 Å². The molecule has 1 N–H and O–H groups in total. The van der Waals surface area contributed by atoms with Gasteiger partial charge in [-0.15, -0.1) is 0 Å². The van der Waals surface area contributed by atoms with Gasteiger partial charge in [-0.2, -0.15) is 0 Å². The summed E-state index contributed by atoms with van der Waals surface area (Å²) in [6, 6.07) is 0.573. The molecule has 1 saturated heterocycles. The van der Waals surface area contributed by atoms with Gasteiger partial charge in [-0.05, 0) is 57.5 Å². The largest absolute Gasteiger partial charge is 0.354 e. The van der Waals surface area contributed by atoms with E-state index in [0.717, 1.165) is 31.2 Å². The van der Waals surface area contributed by atoms with E-state index in [9.17, 15) is 4.79 Å². The van der Waals surface area contributed by atoms with Gasteiger partial charge < -0.3 is 10.2 Å². The average molecular weight is 236 g/mol. The summed E-state index contributed by atoms with van der Waals surface area (Å²) in [6.07, 6.45) is 7.60. The van der Waals surface area contributed by atoms with Crippen LogP contribution in [-0.4, -0.2) is 37.0 Å². The highest BCUT2D eigenvalue weighted by molar-refractivity contribution is 5.79. The molecule has 3 rings (SSSR count). The second-order valence-electron chi connectivity index (χ2n) is 6.30. The summed E-state index contributed by atoms with van der Waals surface area (Å²) in [7, 11) is 2.18. The maximum atomic E-state index is 12.0. The van der Waals surface area contributed by atoms with Crippen molar-refractivity contribution in [2.45, 2.75) is 44.6 Å². The van der Waals surface area contributed by atoms with Crippen LogP contribution in [0.15, 0.2) is 0 Å². The summed E-state index contributed by atoms with van der Waals surface area (Å²) in [6.45, 7) is 2.05. The minimum Gasteiger partial charge on any atom is -0.354 e. The van der Waals surface area contributed by atoms with Crippen LogP contribution in [-0.2, 0) is 4.79 Å². The third kappa shape index (κ3) is 2.49. The number of likely N-dealkylation sites (N-methyl/N-ethyl adjacent to an activating group) is 1. The normalized spacial score (nSPS) is 41.0. The molecule has 3 atom stereocenters. The molecule has 3 nitrogen and oxygen atoms in total. The van der Waals surface area contributed by atoms with Crippen molar-refractivity contribution in [1.29, 1.82) is 0 Å². The molecule has 1 aliphatic heterocycles. The smallest absolute Gasteiger partial charge is 0.223 e. The minimum atomic E-state index is 0.330. The Morgan fingerprint density at radius 2 is 2.00 bits per heavy atom. The quantitative estimate of drug-likeness (QED) is 0.808.